The Hall–Kier alpha value is -2.08. The first-order valence-electron chi connectivity index (χ1n) is 9.81. The summed E-state index contributed by atoms with van der Waals surface area (Å²) in [7, 11) is 3.31. The molecule has 0 heterocycles. The molecule has 0 saturated heterocycles. The van der Waals surface area contributed by atoms with Crippen LogP contribution < -0.4 is 15.4 Å². The summed E-state index contributed by atoms with van der Waals surface area (Å²) >= 11 is 0. The summed E-state index contributed by atoms with van der Waals surface area (Å²) in [5, 5.41) is 6.00. The second-order valence-corrected chi connectivity index (χ2v) is 7.08. The van der Waals surface area contributed by atoms with Gasteiger partial charge in [-0.1, -0.05) is 12.1 Å². The highest BCUT2D eigenvalue weighted by atomic mass is 16.5. The maximum Gasteiger partial charge on any atom is 0.223 e. The van der Waals surface area contributed by atoms with E-state index in [4.69, 9.17) is 9.47 Å². The molecule has 0 aromatic heterocycles. The first kappa shape index (κ1) is 21.2. The van der Waals surface area contributed by atoms with Crippen molar-refractivity contribution < 1.29 is 19.1 Å². The molecule has 6 heteroatoms. The Bertz CT molecular complexity index is 580. The van der Waals surface area contributed by atoms with Gasteiger partial charge < -0.3 is 20.1 Å². The number of benzene rings is 1. The fraction of sp³-hybridized carbons (Fsp3) is 0.619. The highest BCUT2D eigenvalue weighted by molar-refractivity contribution is 5.81. The van der Waals surface area contributed by atoms with Crippen LogP contribution >= 0.6 is 0 Å². The van der Waals surface area contributed by atoms with Gasteiger partial charge in [0, 0.05) is 38.6 Å². The molecule has 0 spiro atoms. The molecular formula is C21H32N2O4. The van der Waals surface area contributed by atoms with E-state index in [-0.39, 0.29) is 23.7 Å². The molecule has 2 amide bonds. The molecule has 1 aromatic rings. The van der Waals surface area contributed by atoms with Crippen molar-refractivity contribution in [3.05, 3.63) is 29.8 Å². The third-order valence-corrected chi connectivity index (χ3v) is 5.17. The van der Waals surface area contributed by atoms with Crippen molar-refractivity contribution in [3.63, 3.8) is 0 Å². The molecule has 0 unspecified atom stereocenters. The average molecular weight is 376 g/mol. The maximum atomic E-state index is 12.4. The number of hydrogen-bond acceptors (Lipinski definition) is 4. The van der Waals surface area contributed by atoms with Gasteiger partial charge in [0.1, 0.15) is 5.75 Å². The number of ether oxygens (including phenoxy) is 2. The number of rotatable bonds is 10. The van der Waals surface area contributed by atoms with Crippen molar-refractivity contribution in [3.8, 4) is 5.75 Å². The number of amides is 2. The van der Waals surface area contributed by atoms with Crippen molar-refractivity contribution in [2.75, 3.05) is 33.9 Å². The van der Waals surface area contributed by atoms with Crippen molar-refractivity contribution >= 4 is 11.8 Å². The van der Waals surface area contributed by atoms with E-state index in [9.17, 15) is 9.59 Å². The summed E-state index contributed by atoms with van der Waals surface area (Å²) in [5.74, 6) is 1.13. The Balaban J connectivity index is 1.63. The van der Waals surface area contributed by atoms with E-state index in [0.29, 0.717) is 19.7 Å². The summed E-state index contributed by atoms with van der Waals surface area (Å²) in [6.45, 7) is 1.94. The minimum atomic E-state index is 0.0263. The predicted octanol–water partition coefficient (Wildman–Crippen LogP) is 2.31. The normalized spacial score (nSPS) is 19.3. The second-order valence-electron chi connectivity index (χ2n) is 7.08. The number of nitrogens with one attached hydrogen (secondary N) is 2. The second kappa shape index (κ2) is 11.6. The number of methoxy groups -OCH3 is 2. The van der Waals surface area contributed by atoms with Gasteiger partial charge in [0.15, 0.2) is 0 Å². The van der Waals surface area contributed by atoms with Crippen molar-refractivity contribution in [2.45, 2.75) is 38.5 Å². The molecule has 1 aliphatic carbocycles. The van der Waals surface area contributed by atoms with Gasteiger partial charge in [0.25, 0.3) is 0 Å². The van der Waals surface area contributed by atoms with E-state index in [1.165, 1.54) is 5.56 Å². The zero-order valence-electron chi connectivity index (χ0n) is 16.5. The number of carbonyl (C=O) groups is 2. The molecule has 0 radical (unpaired) electrons. The lowest BCUT2D eigenvalue weighted by Crippen LogP contribution is -2.38. The van der Waals surface area contributed by atoms with Gasteiger partial charge in [0.05, 0.1) is 7.11 Å². The quantitative estimate of drug-likeness (QED) is 0.615. The van der Waals surface area contributed by atoms with Crippen LogP contribution in [-0.2, 0) is 20.7 Å². The van der Waals surface area contributed by atoms with Crippen LogP contribution in [0.15, 0.2) is 24.3 Å². The van der Waals surface area contributed by atoms with Crippen LogP contribution in [-0.4, -0.2) is 45.7 Å². The van der Waals surface area contributed by atoms with Gasteiger partial charge in [-0.3, -0.25) is 9.59 Å². The maximum absolute atomic E-state index is 12.4. The molecule has 0 bridgehead atoms. The molecular weight excluding hydrogens is 344 g/mol. The third kappa shape index (κ3) is 7.21. The fourth-order valence-electron chi connectivity index (χ4n) is 3.46. The number of hydrogen-bond donors (Lipinski definition) is 2. The molecule has 6 nitrogen and oxygen atoms in total. The Labute approximate surface area is 162 Å². The van der Waals surface area contributed by atoms with E-state index in [1.54, 1.807) is 14.2 Å². The smallest absolute Gasteiger partial charge is 0.223 e. The lowest BCUT2D eigenvalue weighted by atomic mass is 9.81. The zero-order valence-corrected chi connectivity index (χ0v) is 16.5. The molecule has 2 rings (SSSR count). The predicted molar refractivity (Wildman–Crippen MR) is 105 cm³/mol. The summed E-state index contributed by atoms with van der Waals surface area (Å²) < 4.78 is 10.1. The molecule has 1 aliphatic rings. The van der Waals surface area contributed by atoms with Crippen LogP contribution in [0.25, 0.3) is 0 Å². The van der Waals surface area contributed by atoms with Crippen molar-refractivity contribution in [2.24, 2.45) is 11.8 Å². The zero-order chi connectivity index (χ0) is 19.5. The van der Waals surface area contributed by atoms with E-state index >= 15 is 0 Å². The van der Waals surface area contributed by atoms with Gasteiger partial charge in [-0.25, -0.2) is 0 Å². The lowest BCUT2D eigenvalue weighted by Gasteiger charge is -2.27. The Kier molecular flexibility index (Phi) is 9.11. The topological polar surface area (TPSA) is 76.7 Å². The fourth-order valence-corrected chi connectivity index (χ4v) is 3.46. The first-order chi connectivity index (χ1) is 13.1. The van der Waals surface area contributed by atoms with Gasteiger partial charge in [-0.05, 0) is 56.2 Å². The first-order valence-corrected chi connectivity index (χ1v) is 9.81. The van der Waals surface area contributed by atoms with Crippen LogP contribution in [0.2, 0.25) is 0 Å². The highest BCUT2D eigenvalue weighted by Crippen LogP contribution is 2.29. The Morgan fingerprint density at radius 1 is 0.926 bits per heavy atom. The minimum Gasteiger partial charge on any atom is -0.497 e. The molecule has 1 saturated carbocycles. The SMILES string of the molecule is COCCCNC(=O)C1CCC(C(=O)NCCc2ccc(OC)cc2)CC1. The third-order valence-electron chi connectivity index (χ3n) is 5.17. The van der Waals surface area contributed by atoms with Crippen LogP contribution in [0.1, 0.15) is 37.7 Å². The van der Waals surface area contributed by atoms with E-state index in [1.807, 2.05) is 24.3 Å². The van der Waals surface area contributed by atoms with Crippen LogP contribution in [0.4, 0.5) is 0 Å². The minimum absolute atomic E-state index is 0.0263. The molecule has 27 heavy (non-hydrogen) atoms. The van der Waals surface area contributed by atoms with Gasteiger partial charge in [0.2, 0.25) is 11.8 Å². The molecule has 0 aliphatic heterocycles. The molecule has 2 N–H and O–H groups in total. The van der Waals surface area contributed by atoms with E-state index in [0.717, 1.165) is 44.3 Å². The lowest BCUT2D eigenvalue weighted by molar-refractivity contribution is -0.130. The van der Waals surface area contributed by atoms with Crippen LogP contribution in [0, 0.1) is 11.8 Å². The highest BCUT2D eigenvalue weighted by Gasteiger charge is 2.29. The van der Waals surface area contributed by atoms with Crippen molar-refractivity contribution in [1.29, 1.82) is 0 Å². The molecule has 1 aromatic carbocycles. The summed E-state index contributed by atoms with van der Waals surface area (Å²) in [4.78, 5) is 24.5. The monoisotopic (exact) mass is 376 g/mol. The van der Waals surface area contributed by atoms with E-state index < -0.39 is 0 Å². The average Bonchev–Trinajstić information content (AvgIpc) is 2.71. The summed E-state index contributed by atoms with van der Waals surface area (Å²) in [5.41, 5.74) is 1.17. The Morgan fingerprint density at radius 3 is 2.00 bits per heavy atom. The summed E-state index contributed by atoms with van der Waals surface area (Å²) in [6, 6.07) is 7.89. The van der Waals surface area contributed by atoms with Crippen LogP contribution in [0.3, 0.4) is 0 Å². The molecule has 1 fully saturated rings. The van der Waals surface area contributed by atoms with Gasteiger partial charge in [-0.15, -0.1) is 0 Å². The van der Waals surface area contributed by atoms with Gasteiger partial charge >= 0.3 is 0 Å². The number of carbonyl (C=O) groups excluding carboxylic acids is 2. The summed E-state index contributed by atoms with van der Waals surface area (Å²) in [6.07, 6.45) is 4.76. The van der Waals surface area contributed by atoms with Crippen LogP contribution in [0.5, 0.6) is 5.75 Å². The largest absolute Gasteiger partial charge is 0.497 e. The van der Waals surface area contributed by atoms with E-state index in [2.05, 4.69) is 10.6 Å². The Morgan fingerprint density at radius 2 is 1.48 bits per heavy atom. The van der Waals surface area contributed by atoms with Crippen molar-refractivity contribution in [1.82, 2.24) is 10.6 Å². The molecule has 150 valence electrons. The van der Waals surface area contributed by atoms with Gasteiger partial charge in [-0.2, -0.15) is 0 Å². The standard InChI is InChI=1S/C21H32N2O4/c1-26-15-3-13-22-20(24)17-6-8-18(9-7-17)21(25)23-14-12-16-4-10-19(27-2)11-5-16/h4-5,10-11,17-18H,3,6-9,12-15H2,1-2H3,(H,22,24)(H,23,25). The molecule has 0 atom stereocenters.